The van der Waals surface area contributed by atoms with Crippen molar-refractivity contribution in [3.8, 4) is 0 Å². The Morgan fingerprint density at radius 1 is 0.364 bits per heavy atom. The largest absolute Gasteiger partial charge is 1.00 e. The lowest BCUT2D eigenvalue weighted by Gasteiger charge is -2.35. The lowest BCUT2D eigenvalue weighted by atomic mass is 10.1. The molecule has 0 bridgehead atoms. The molecule has 0 aromatic carbocycles. The first kappa shape index (κ1) is 40.3. The molecule has 0 rings (SSSR count). The van der Waals surface area contributed by atoms with E-state index in [1.807, 2.05) is 0 Å². The molecule has 0 atom stereocenters. The summed E-state index contributed by atoms with van der Waals surface area (Å²) >= 11 is 0. The number of halogens is 1. The average molecular weight is 495 g/mol. The van der Waals surface area contributed by atoms with Crippen molar-refractivity contribution < 1.29 is 26.8 Å². The van der Waals surface area contributed by atoms with Gasteiger partial charge in [0.2, 0.25) is 0 Å². The molecule has 3 nitrogen and oxygen atoms in total. The first-order valence-corrected chi connectivity index (χ1v) is 14.3. The van der Waals surface area contributed by atoms with Crippen molar-refractivity contribution in [1.29, 1.82) is 0 Å². The van der Waals surface area contributed by atoms with E-state index in [-0.39, 0.29) is 17.9 Å². The maximum absolute atomic E-state index is 2.56. The molecule has 0 aromatic heterocycles. The summed E-state index contributed by atoms with van der Waals surface area (Å²) in [7, 11) is 11.1. The van der Waals surface area contributed by atoms with Crippen LogP contribution in [0, 0.1) is 0 Å². The van der Waals surface area contributed by atoms with E-state index < -0.39 is 0 Å². The Morgan fingerprint density at radius 3 is 0.758 bits per heavy atom. The number of nitrogens with zero attached hydrogens (tertiary/aromatic N) is 2. The van der Waals surface area contributed by atoms with Crippen LogP contribution in [0.5, 0.6) is 0 Å². The molecule has 0 aliphatic rings. The van der Waals surface area contributed by atoms with Crippen LogP contribution in [-0.2, 0) is 0 Å². The fourth-order valence-electron chi connectivity index (χ4n) is 4.16. The van der Waals surface area contributed by atoms with E-state index in [9.17, 15) is 0 Å². The highest BCUT2D eigenvalue weighted by molar-refractivity contribution is 4.51. The molecule has 0 fully saturated rings. The van der Waals surface area contributed by atoms with Crippen LogP contribution in [0.1, 0.15) is 136 Å². The molecular formula is C29H67ClN2O. The molecule has 0 radical (unpaired) electrons. The van der Waals surface area contributed by atoms with Gasteiger partial charge < -0.3 is 26.8 Å². The molecule has 0 spiro atoms. The Balaban J connectivity index is -0.000000539. The summed E-state index contributed by atoms with van der Waals surface area (Å²) in [5.74, 6) is 0. The SMILES string of the molecule is CCCCCCCC[N+](C)(CCCCCCCC)CCCCCCCC.C[N+](C)(C)C.[Cl-].[OH-]. The Bertz CT molecular complexity index is 298. The quantitative estimate of drug-likeness (QED) is 0.149. The highest BCUT2D eigenvalue weighted by Crippen LogP contribution is 2.16. The first-order chi connectivity index (χ1) is 14.7. The van der Waals surface area contributed by atoms with Gasteiger partial charge in [0.15, 0.2) is 0 Å². The zero-order valence-electron chi connectivity index (χ0n) is 24.6. The summed E-state index contributed by atoms with van der Waals surface area (Å²) in [6.07, 6.45) is 25.9. The molecule has 1 N–H and O–H groups in total. The third-order valence-corrected chi connectivity index (χ3v) is 6.15. The molecule has 0 aromatic rings. The highest BCUT2D eigenvalue weighted by atomic mass is 35.5. The third-order valence-electron chi connectivity index (χ3n) is 6.15. The first-order valence-electron chi connectivity index (χ1n) is 14.3. The van der Waals surface area contributed by atoms with Crippen LogP contribution in [0.2, 0.25) is 0 Å². The average Bonchev–Trinajstić information content (AvgIpc) is 2.69. The summed E-state index contributed by atoms with van der Waals surface area (Å²) in [5.41, 5.74) is 0. The van der Waals surface area contributed by atoms with Gasteiger partial charge in [-0.15, -0.1) is 0 Å². The number of rotatable bonds is 21. The lowest BCUT2D eigenvalue weighted by Crippen LogP contribution is -3.00. The predicted octanol–water partition coefficient (Wildman–Crippen LogP) is 5.66. The van der Waals surface area contributed by atoms with Gasteiger partial charge in [-0.05, 0) is 38.5 Å². The number of hydrogen-bond donors (Lipinski definition) is 0. The Labute approximate surface area is 218 Å². The van der Waals surface area contributed by atoms with Crippen LogP contribution in [0.3, 0.4) is 0 Å². The molecule has 0 saturated heterocycles. The number of quaternary nitrogens is 2. The molecular weight excluding hydrogens is 428 g/mol. The van der Waals surface area contributed by atoms with E-state index in [0.717, 1.165) is 4.48 Å². The van der Waals surface area contributed by atoms with E-state index in [0.29, 0.717) is 0 Å². The minimum atomic E-state index is 0. The smallest absolute Gasteiger partial charge is 0.0784 e. The van der Waals surface area contributed by atoms with E-state index in [1.165, 1.54) is 140 Å². The van der Waals surface area contributed by atoms with Crippen molar-refractivity contribution in [1.82, 2.24) is 0 Å². The summed E-state index contributed by atoms with van der Waals surface area (Å²) in [6.45, 7) is 11.2. The minimum Gasteiger partial charge on any atom is -1.00 e. The van der Waals surface area contributed by atoms with Crippen LogP contribution >= 0.6 is 0 Å². The van der Waals surface area contributed by atoms with Crippen molar-refractivity contribution in [2.45, 2.75) is 136 Å². The maximum Gasteiger partial charge on any atom is 0.0784 e. The van der Waals surface area contributed by atoms with Gasteiger partial charge in [0, 0.05) is 0 Å². The summed E-state index contributed by atoms with van der Waals surface area (Å²) in [6, 6.07) is 0. The van der Waals surface area contributed by atoms with Crippen molar-refractivity contribution in [3.63, 3.8) is 0 Å². The van der Waals surface area contributed by atoms with Crippen LogP contribution in [-0.4, -0.2) is 69.3 Å². The van der Waals surface area contributed by atoms with Gasteiger partial charge in [-0.3, -0.25) is 0 Å². The van der Waals surface area contributed by atoms with E-state index in [2.05, 4.69) is 56.0 Å². The highest BCUT2D eigenvalue weighted by Gasteiger charge is 2.20. The van der Waals surface area contributed by atoms with Gasteiger partial charge in [0.1, 0.15) is 0 Å². The van der Waals surface area contributed by atoms with E-state index in [1.54, 1.807) is 0 Å². The zero-order chi connectivity index (χ0) is 23.8. The monoisotopic (exact) mass is 494 g/mol. The predicted molar refractivity (Wildman–Crippen MR) is 147 cm³/mol. The van der Waals surface area contributed by atoms with Crippen molar-refractivity contribution in [2.24, 2.45) is 0 Å². The molecule has 0 unspecified atom stereocenters. The van der Waals surface area contributed by atoms with Crippen LogP contribution in [0.25, 0.3) is 0 Å². The Morgan fingerprint density at radius 2 is 0.545 bits per heavy atom. The summed E-state index contributed by atoms with van der Waals surface area (Å²) in [4.78, 5) is 0. The van der Waals surface area contributed by atoms with Crippen molar-refractivity contribution in [3.05, 3.63) is 0 Å². The van der Waals surface area contributed by atoms with Gasteiger partial charge in [0.05, 0.1) is 54.9 Å². The number of hydrogen-bond acceptors (Lipinski definition) is 1. The molecule has 0 amide bonds. The normalized spacial score (nSPS) is 11.3. The number of unbranched alkanes of at least 4 members (excludes halogenated alkanes) is 15. The van der Waals surface area contributed by atoms with E-state index in [4.69, 9.17) is 0 Å². The Hall–Kier alpha value is 0.170. The molecule has 0 aliphatic heterocycles. The van der Waals surface area contributed by atoms with Crippen LogP contribution in [0.4, 0.5) is 0 Å². The standard InChI is InChI=1S/C25H54N.C4H12N.ClH.H2O/c1-5-8-11-14-17-20-23-26(4,24-21-18-15-12-9-6-2)25-22-19-16-13-10-7-3;1-5(2,3)4;;/h5-25H2,1-4H3;1-4H3;1H;1H2/q2*+1;;/p-2. The van der Waals surface area contributed by atoms with Gasteiger partial charge in [0.25, 0.3) is 0 Å². The summed E-state index contributed by atoms with van der Waals surface area (Å²) in [5, 5.41) is 0. The minimum absolute atomic E-state index is 0. The fraction of sp³-hybridized carbons (Fsp3) is 1.00. The second-order valence-corrected chi connectivity index (χ2v) is 11.8. The molecule has 0 saturated carbocycles. The molecule has 4 heteroatoms. The van der Waals surface area contributed by atoms with Gasteiger partial charge in [-0.2, -0.15) is 0 Å². The van der Waals surface area contributed by atoms with Crippen molar-refractivity contribution in [2.75, 3.05) is 54.9 Å². The summed E-state index contributed by atoms with van der Waals surface area (Å²) < 4.78 is 2.36. The third kappa shape index (κ3) is 39.7. The molecule has 0 heterocycles. The van der Waals surface area contributed by atoms with Gasteiger partial charge in [-0.25, -0.2) is 0 Å². The Kier molecular flexibility index (Phi) is 34.7. The zero-order valence-corrected chi connectivity index (χ0v) is 25.3. The molecule has 33 heavy (non-hydrogen) atoms. The maximum atomic E-state index is 2.56. The van der Waals surface area contributed by atoms with Crippen LogP contribution in [0.15, 0.2) is 0 Å². The van der Waals surface area contributed by atoms with Gasteiger partial charge >= 0.3 is 0 Å². The topological polar surface area (TPSA) is 30.0 Å². The van der Waals surface area contributed by atoms with E-state index >= 15 is 0 Å². The fourth-order valence-corrected chi connectivity index (χ4v) is 4.16. The second kappa shape index (κ2) is 28.4. The van der Waals surface area contributed by atoms with Crippen LogP contribution < -0.4 is 12.4 Å². The van der Waals surface area contributed by atoms with Crippen molar-refractivity contribution >= 4 is 0 Å². The second-order valence-electron chi connectivity index (χ2n) is 11.8. The molecule has 0 aliphatic carbocycles. The lowest BCUT2D eigenvalue weighted by molar-refractivity contribution is -0.910. The molecule has 206 valence electrons. The van der Waals surface area contributed by atoms with Gasteiger partial charge in [-0.1, -0.05) is 97.8 Å².